The molecule has 0 aliphatic carbocycles. The zero-order valence-corrected chi connectivity index (χ0v) is 10.4. The van der Waals surface area contributed by atoms with Gasteiger partial charge < -0.3 is 0 Å². The topological polar surface area (TPSA) is 17.1 Å². The van der Waals surface area contributed by atoms with E-state index in [9.17, 15) is 4.57 Å². The van der Waals surface area contributed by atoms with Gasteiger partial charge in [-0.2, -0.15) is 0 Å². The number of benzene rings is 2. The summed E-state index contributed by atoms with van der Waals surface area (Å²) in [5.41, 5.74) is 2.29. The van der Waals surface area contributed by atoms with Gasteiger partial charge in [-0.3, -0.25) is 0 Å². The first-order valence-electron chi connectivity index (χ1n) is 5.27. The summed E-state index contributed by atoms with van der Waals surface area (Å²) in [6.45, 7) is 4.03. The first kappa shape index (κ1) is 11.0. The lowest BCUT2D eigenvalue weighted by atomic mass is 10.2. The van der Waals surface area contributed by atoms with Crippen LogP contribution in [0.3, 0.4) is 0 Å². The maximum absolute atomic E-state index is 12.3. The lowest BCUT2D eigenvalue weighted by molar-refractivity contribution is 0.598. The summed E-state index contributed by atoms with van der Waals surface area (Å²) in [7, 11) is -1.45. The summed E-state index contributed by atoms with van der Waals surface area (Å²) in [6, 6.07) is 15.8. The van der Waals surface area contributed by atoms with Crippen LogP contribution in [0, 0.1) is 13.8 Å². The molecule has 16 heavy (non-hydrogen) atoms. The third kappa shape index (κ3) is 2.37. The van der Waals surface area contributed by atoms with Crippen LogP contribution in [0.25, 0.3) is 0 Å². The van der Waals surface area contributed by atoms with Crippen LogP contribution in [0.2, 0.25) is 0 Å². The minimum Gasteiger partial charge on any atom is -0.0613 e. The van der Waals surface area contributed by atoms with Crippen molar-refractivity contribution >= 4 is 18.4 Å². The maximum Gasteiger partial charge on any atom is 0.415 e. The minimum atomic E-state index is -1.45. The molecule has 0 atom stereocenters. The lowest BCUT2D eigenvalue weighted by Crippen LogP contribution is -2.06. The summed E-state index contributed by atoms with van der Waals surface area (Å²) in [6.07, 6.45) is 0. The Morgan fingerprint density at radius 1 is 0.812 bits per heavy atom. The van der Waals surface area contributed by atoms with E-state index in [4.69, 9.17) is 0 Å². The van der Waals surface area contributed by atoms with Gasteiger partial charge in [-0.1, -0.05) is 28.8 Å². The van der Waals surface area contributed by atoms with Gasteiger partial charge in [0.1, 0.15) is 0 Å². The normalized spacial score (nSPS) is 10.1. The van der Waals surface area contributed by atoms with Crippen LogP contribution in [-0.4, -0.2) is 0 Å². The van der Waals surface area contributed by atoms with Crippen molar-refractivity contribution in [3.05, 3.63) is 59.7 Å². The van der Waals surface area contributed by atoms with Crippen LogP contribution in [0.5, 0.6) is 0 Å². The van der Waals surface area contributed by atoms with Gasteiger partial charge in [0.25, 0.3) is 0 Å². The van der Waals surface area contributed by atoms with E-state index >= 15 is 0 Å². The van der Waals surface area contributed by atoms with E-state index < -0.39 is 7.80 Å². The first-order valence-corrected chi connectivity index (χ1v) is 6.53. The summed E-state index contributed by atoms with van der Waals surface area (Å²) in [5.74, 6) is 0. The van der Waals surface area contributed by atoms with E-state index in [1.165, 1.54) is 0 Å². The quantitative estimate of drug-likeness (QED) is 0.723. The molecule has 0 bridgehead atoms. The second kappa shape index (κ2) is 4.59. The van der Waals surface area contributed by atoms with Crippen LogP contribution < -0.4 is 10.6 Å². The van der Waals surface area contributed by atoms with Crippen LogP contribution >= 0.6 is 7.80 Å². The van der Waals surface area contributed by atoms with Gasteiger partial charge in [-0.05, 0) is 49.2 Å². The van der Waals surface area contributed by atoms with Crippen molar-refractivity contribution in [2.75, 3.05) is 0 Å². The van der Waals surface area contributed by atoms with Crippen LogP contribution in [0.4, 0.5) is 0 Å². The molecule has 0 saturated carbocycles. The highest BCUT2D eigenvalue weighted by molar-refractivity contribution is 7.61. The molecule has 0 heterocycles. The molecule has 2 rings (SSSR count). The number of aryl methyl sites for hydroxylation is 2. The van der Waals surface area contributed by atoms with Crippen molar-refractivity contribution in [2.24, 2.45) is 0 Å². The third-order valence-corrected chi connectivity index (χ3v) is 3.97. The van der Waals surface area contributed by atoms with Gasteiger partial charge in [0, 0.05) is 0 Å². The van der Waals surface area contributed by atoms with Gasteiger partial charge in [0.15, 0.2) is 10.6 Å². The summed E-state index contributed by atoms with van der Waals surface area (Å²) >= 11 is 0. The van der Waals surface area contributed by atoms with Crippen molar-refractivity contribution in [2.45, 2.75) is 13.8 Å². The molecule has 0 saturated heterocycles. The monoisotopic (exact) mass is 229 g/mol. The van der Waals surface area contributed by atoms with Gasteiger partial charge in [0.2, 0.25) is 0 Å². The van der Waals surface area contributed by atoms with Gasteiger partial charge >= 0.3 is 7.80 Å². The van der Waals surface area contributed by atoms with Crippen molar-refractivity contribution in [3.8, 4) is 0 Å². The third-order valence-electron chi connectivity index (χ3n) is 2.47. The Bertz CT molecular complexity index is 484. The molecule has 2 heteroatoms. The zero-order valence-electron chi connectivity index (χ0n) is 9.47. The molecule has 0 aromatic heterocycles. The van der Waals surface area contributed by atoms with Crippen molar-refractivity contribution in [1.82, 2.24) is 0 Å². The van der Waals surface area contributed by atoms with E-state index in [0.717, 1.165) is 21.7 Å². The Hall–Kier alpha value is -1.46. The fourth-order valence-corrected chi connectivity index (χ4v) is 3.04. The smallest absolute Gasteiger partial charge is 0.0613 e. The minimum absolute atomic E-state index is 0.903. The molecule has 1 nitrogen and oxygen atoms in total. The predicted molar refractivity (Wildman–Crippen MR) is 69.2 cm³/mol. The molecule has 2 aromatic carbocycles. The van der Waals surface area contributed by atoms with Crippen LogP contribution in [0.1, 0.15) is 11.1 Å². The first-order chi connectivity index (χ1) is 7.66. The van der Waals surface area contributed by atoms with E-state index in [-0.39, 0.29) is 0 Å². The molecular weight excluding hydrogens is 215 g/mol. The predicted octanol–water partition coefficient (Wildman–Crippen LogP) is 3.08. The Morgan fingerprint density at radius 3 is 1.62 bits per heavy atom. The molecule has 0 aliphatic rings. The summed E-state index contributed by atoms with van der Waals surface area (Å²) < 4.78 is 12.3. The zero-order chi connectivity index (χ0) is 11.5. The van der Waals surface area contributed by atoms with Crippen molar-refractivity contribution in [3.63, 3.8) is 0 Å². The van der Waals surface area contributed by atoms with E-state index in [2.05, 4.69) is 0 Å². The number of hydrogen-bond acceptors (Lipinski definition) is 1. The molecule has 0 radical (unpaired) electrons. The van der Waals surface area contributed by atoms with Gasteiger partial charge in [-0.15, -0.1) is 0 Å². The van der Waals surface area contributed by atoms with Crippen molar-refractivity contribution in [1.29, 1.82) is 0 Å². The fraction of sp³-hybridized carbons (Fsp3) is 0.143. The average molecular weight is 229 g/mol. The molecular formula is C14H14OP+. The molecule has 0 amide bonds. The molecule has 2 aromatic rings. The molecule has 0 unspecified atom stereocenters. The van der Waals surface area contributed by atoms with Crippen LogP contribution in [-0.2, 0) is 4.57 Å². The Balaban J connectivity index is 2.39. The molecule has 0 spiro atoms. The second-order valence-corrected chi connectivity index (χ2v) is 5.59. The lowest BCUT2D eigenvalue weighted by Gasteiger charge is -1.93. The molecule has 0 fully saturated rings. The molecule has 0 aliphatic heterocycles. The Morgan fingerprint density at radius 2 is 1.25 bits per heavy atom. The van der Waals surface area contributed by atoms with E-state index in [0.29, 0.717) is 0 Å². The van der Waals surface area contributed by atoms with Crippen molar-refractivity contribution < 1.29 is 4.57 Å². The molecule has 0 N–H and O–H groups in total. The van der Waals surface area contributed by atoms with E-state index in [1.807, 2.05) is 62.4 Å². The van der Waals surface area contributed by atoms with Gasteiger partial charge in [0.05, 0.1) is 0 Å². The summed E-state index contributed by atoms with van der Waals surface area (Å²) in [4.78, 5) is 0. The largest absolute Gasteiger partial charge is 0.415 e. The SMILES string of the molecule is Cc1cccc([P+](=O)c2cccc(C)c2)c1. The standard InChI is InChI=1S/C14H14OP/c1-11-5-3-7-13(9-11)16(15)14-8-4-6-12(2)10-14/h3-10H,1-2H3/q+1. The Kier molecular flexibility index (Phi) is 3.17. The average Bonchev–Trinajstić information content (AvgIpc) is 2.28. The number of hydrogen-bond donors (Lipinski definition) is 0. The number of rotatable bonds is 2. The fourth-order valence-electron chi connectivity index (χ4n) is 1.66. The van der Waals surface area contributed by atoms with Gasteiger partial charge in [-0.25, -0.2) is 0 Å². The second-order valence-electron chi connectivity index (χ2n) is 3.97. The highest BCUT2D eigenvalue weighted by Crippen LogP contribution is 2.20. The molecule has 80 valence electrons. The Labute approximate surface area is 96.9 Å². The van der Waals surface area contributed by atoms with E-state index in [1.54, 1.807) is 0 Å². The maximum atomic E-state index is 12.3. The van der Waals surface area contributed by atoms with Crippen LogP contribution in [0.15, 0.2) is 48.5 Å². The summed E-state index contributed by atoms with van der Waals surface area (Å²) in [5, 5.41) is 1.81. The highest BCUT2D eigenvalue weighted by atomic mass is 31.1. The highest BCUT2D eigenvalue weighted by Gasteiger charge is 2.22.